The van der Waals surface area contributed by atoms with Crippen molar-refractivity contribution in [3.05, 3.63) is 0 Å². The van der Waals surface area contributed by atoms with Crippen LogP contribution in [0.4, 0.5) is 0 Å². The zero-order chi connectivity index (χ0) is 10.4. The first-order valence-electron chi connectivity index (χ1n) is 4.85. The van der Waals surface area contributed by atoms with Crippen LogP contribution in [-0.4, -0.2) is 37.6 Å². The van der Waals surface area contributed by atoms with Crippen LogP contribution in [0.1, 0.15) is 12.8 Å². The molecular formula is C9H17NO3S. The van der Waals surface area contributed by atoms with Crippen LogP contribution in [0.2, 0.25) is 0 Å². The van der Waals surface area contributed by atoms with Crippen molar-refractivity contribution in [3.63, 3.8) is 0 Å². The summed E-state index contributed by atoms with van der Waals surface area (Å²) in [5.41, 5.74) is 5.56. The van der Waals surface area contributed by atoms with E-state index >= 15 is 0 Å². The SMILES string of the molecule is NC(CCS)C(=O)OCC1CCOC1. The summed E-state index contributed by atoms with van der Waals surface area (Å²) in [6.07, 6.45) is 1.53. The molecule has 0 amide bonds. The minimum atomic E-state index is -0.533. The molecule has 1 saturated heterocycles. The van der Waals surface area contributed by atoms with Gasteiger partial charge in [-0.2, -0.15) is 12.6 Å². The lowest BCUT2D eigenvalue weighted by Gasteiger charge is -2.12. The summed E-state index contributed by atoms with van der Waals surface area (Å²) in [5.74, 6) is 0.621. The van der Waals surface area contributed by atoms with Gasteiger partial charge in [-0.3, -0.25) is 4.79 Å². The van der Waals surface area contributed by atoms with E-state index in [1.807, 2.05) is 0 Å². The molecule has 0 spiro atoms. The fraction of sp³-hybridized carbons (Fsp3) is 0.889. The van der Waals surface area contributed by atoms with Crippen molar-refractivity contribution >= 4 is 18.6 Å². The van der Waals surface area contributed by atoms with Gasteiger partial charge in [-0.05, 0) is 18.6 Å². The van der Waals surface area contributed by atoms with Gasteiger partial charge in [-0.15, -0.1) is 0 Å². The molecule has 1 aliphatic rings. The smallest absolute Gasteiger partial charge is 0.322 e. The highest BCUT2D eigenvalue weighted by atomic mass is 32.1. The molecule has 1 heterocycles. The van der Waals surface area contributed by atoms with Crippen LogP contribution in [0, 0.1) is 5.92 Å². The Kier molecular flexibility index (Phi) is 5.29. The van der Waals surface area contributed by atoms with E-state index in [9.17, 15) is 4.79 Å². The van der Waals surface area contributed by atoms with E-state index in [1.54, 1.807) is 0 Å². The molecule has 0 aromatic rings. The first kappa shape index (κ1) is 11.8. The number of hydrogen-bond donors (Lipinski definition) is 2. The highest BCUT2D eigenvalue weighted by molar-refractivity contribution is 7.80. The number of esters is 1. The molecule has 1 aliphatic heterocycles. The van der Waals surface area contributed by atoms with Crippen molar-refractivity contribution in [3.8, 4) is 0 Å². The number of carbonyl (C=O) groups excluding carboxylic acids is 1. The quantitative estimate of drug-likeness (QED) is 0.513. The molecule has 1 fully saturated rings. The molecule has 82 valence electrons. The molecule has 0 aromatic heterocycles. The van der Waals surface area contributed by atoms with E-state index in [0.717, 1.165) is 13.0 Å². The lowest BCUT2D eigenvalue weighted by atomic mass is 10.1. The minimum Gasteiger partial charge on any atom is -0.464 e. The summed E-state index contributed by atoms with van der Waals surface area (Å²) < 4.78 is 10.2. The van der Waals surface area contributed by atoms with Gasteiger partial charge in [0.05, 0.1) is 13.2 Å². The number of rotatable bonds is 5. The number of nitrogens with two attached hydrogens (primary N) is 1. The fourth-order valence-electron chi connectivity index (χ4n) is 1.28. The molecule has 0 bridgehead atoms. The summed E-state index contributed by atoms with van der Waals surface area (Å²) in [5, 5.41) is 0. The zero-order valence-electron chi connectivity index (χ0n) is 8.15. The molecule has 0 aliphatic carbocycles. The lowest BCUT2D eigenvalue weighted by Crippen LogP contribution is -2.33. The van der Waals surface area contributed by atoms with Crippen LogP contribution in [-0.2, 0) is 14.3 Å². The highest BCUT2D eigenvalue weighted by Crippen LogP contribution is 2.12. The van der Waals surface area contributed by atoms with Gasteiger partial charge in [-0.25, -0.2) is 0 Å². The molecule has 0 aromatic carbocycles. The second kappa shape index (κ2) is 6.27. The van der Waals surface area contributed by atoms with Gasteiger partial charge in [0.15, 0.2) is 0 Å². The van der Waals surface area contributed by atoms with Gasteiger partial charge in [0, 0.05) is 12.5 Å². The van der Waals surface area contributed by atoms with Crippen LogP contribution in [0.5, 0.6) is 0 Å². The van der Waals surface area contributed by atoms with E-state index in [4.69, 9.17) is 15.2 Å². The number of carbonyl (C=O) groups is 1. The van der Waals surface area contributed by atoms with E-state index < -0.39 is 6.04 Å². The summed E-state index contributed by atoms with van der Waals surface area (Å²) >= 11 is 4.00. The van der Waals surface area contributed by atoms with Crippen molar-refractivity contribution in [2.45, 2.75) is 18.9 Å². The predicted octanol–water partition coefficient (Wildman–Crippen LogP) is 0.213. The monoisotopic (exact) mass is 219 g/mol. The third-order valence-electron chi connectivity index (χ3n) is 2.23. The second-order valence-corrected chi connectivity index (χ2v) is 3.93. The molecule has 1 rings (SSSR count). The second-order valence-electron chi connectivity index (χ2n) is 3.48. The van der Waals surface area contributed by atoms with Gasteiger partial charge in [0.2, 0.25) is 0 Å². The molecule has 4 nitrogen and oxygen atoms in total. The number of ether oxygens (including phenoxy) is 2. The van der Waals surface area contributed by atoms with E-state index in [-0.39, 0.29) is 5.97 Å². The van der Waals surface area contributed by atoms with Crippen molar-refractivity contribution in [2.75, 3.05) is 25.6 Å². The Balaban J connectivity index is 2.13. The van der Waals surface area contributed by atoms with Crippen molar-refractivity contribution in [1.29, 1.82) is 0 Å². The van der Waals surface area contributed by atoms with E-state index in [1.165, 1.54) is 0 Å². The molecule has 5 heteroatoms. The van der Waals surface area contributed by atoms with Gasteiger partial charge < -0.3 is 15.2 Å². The first-order chi connectivity index (χ1) is 6.74. The Morgan fingerprint density at radius 1 is 1.71 bits per heavy atom. The molecular weight excluding hydrogens is 202 g/mol. The van der Waals surface area contributed by atoms with Crippen molar-refractivity contribution in [1.82, 2.24) is 0 Å². The van der Waals surface area contributed by atoms with E-state index in [0.29, 0.717) is 31.3 Å². The Labute approximate surface area is 89.5 Å². The molecule has 2 unspecified atom stereocenters. The Bertz CT molecular complexity index is 183. The zero-order valence-corrected chi connectivity index (χ0v) is 9.04. The Hall–Kier alpha value is -0.260. The average molecular weight is 219 g/mol. The highest BCUT2D eigenvalue weighted by Gasteiger charge is 2.20. The number of thiol groups is 1. The molecule has 0 radical (unpaired) electrons. The third kappa shape index (κ3) is 3.86. The Morgan fingerprint density at radius 2 is 2.50 bits per heavy atom. The van der Waals surface area contributed by atoms with Crippen LogP contribution in [0.15, 0.2) is 0 Å². The van der Waals surface area contributed by atoms with Gasteiger partial charge >= 0.3 is 5.97 Å². The summed E-state index contributed by atoms with van der Waals surface area (Å²) in [4.78, 5) is 11.3. The van der Waals surface area contributed by atoms with Crippen LogP contribution in [0.25, 0.3) is 0 Å². The van der Waals surface area contributed by atoms with Crippen LogP contribution >= 0.6 is 12.6 Å². The summed E-state index contributed by atoms with van der Waals surface area (Å²) in [6.45, 7) is 1.89. The molecule has 0 saturated carbocycles. The molecule has 2 atom stereocenters. The number of hydrogen-bond acceptors (Lipinski definition) is 5. The predicted molar refractivity (Wildman–Crippen MR) is 56.3 cm³/mol. The normalized spacial score (nSPS) is 23.4. The average Bonchev–Trinajstić information content (AvgIpc) is 2.67. The topological polar surface area (TPSA) is 61.6 Å². The molecule has 14 heavy (non-hydrogen) atoms. The Morgan fingerprint density at radius 3 is 3.07 bits per heavy atom. The molecule has 2 N–H and O–H groups in total. The van der Waals surface area contributed by atoms with Gasteiger partial charge in [-0.1, -0.05) is 0 Å². The van der Waals surface area contributed by atoms with Gasteiger partial charge in [0.25, 0.3) is 0 Å². The maximum absolute atomic E-state index is 11.3. The van der Waals surface area contributed by atoms with E-state index in [2.05, 4.69) is 12.6 Å². The van der Waals surface area contributed by atoms with Crippen LogP contribution in [0.3, 0.4) is 0 Å². The lowest BCUT2D eigenvalue weighted by molar-refractivity contribution is -0.146. The third-order valence-corrected chi connectivity index (χ3v) is 2.49. The summed E-state index contributed by atoms with van der Waals surface area (Å²) in [6, 6.07) is -0.533. The largest absolute Gasteiger partial charge is 0.464 e. The van der Waals surface area contributed by atoms with Gasteiger partial charge in [0.1, 0.15) is 6.04 Å². The fourth-order valence-corrected chi connectivity index (χ4v) is 1.56. The minimum absolute atomic E-state index is 0.328. The van der Waals surface area contributed by atoms with Crippen molar-refractivity contribution < 1.29 is 14.3 Å². The standard InChI is InChI=1S/C9H17NO3S/c10-8(2-4-14)9(11)13-6-7-1-3-12-5-7/h7-8,14H,1-6,10H2. The summed E-state index contributed by atoms with van der Waals surface area (Å²) in [7, 11) is 0. The maximum Gasteiger partial charge on any atom is 0.322 e. The van der Waals surface area contributed by atoms with Crippen molar-refractivity contribution in [2.24, 2.45) is 11.7 Å². The van der Waals surface area contributed by atoms with Crippen LogP contribution < -0.4 is 5.73 Å². The maximum atomic E-state index is 11.3. The first-order valence-corrected chi connectivity index (χ1v) is 5.48.